The first-order valence-electron chi connectivity index (χ1n) is 7.23. The average Bonchev–Trinajstić information content (AvgIpc) is 2.88. The van der Waals surface area contributed by atoms with E-state index in [1.54, 1.807) is 11.3 Å². The third-order valence-corrected chi connectivity index (χ3v) is 4.46. The molecule has 106 valence electrons. The van der Waals surface area contributed by atoms with Crippen LogP contribution >= 0.6 is 11.3 Å². The quantitative estimate of drug-likeness (QED) is 0.775. The minimum Gasteiger partial charge on any atom is -0.320 e. The molecule has 0 saturated heterocycles. The van der Waals surface area contributed by atoms with E-state index in [0.717, 1.165) is 23.9 Å². The van der Waals surface area contributed by atoms with Crippen molar-refractivity contribution in [3.8, 4) is 11.8 Å². The number of nitrogens with zero attached hydrogens (tertiary/aromatic N) is 1. The number of thiophene rings is 1. The molecule has 0 spiro atoms. The van der Waals surface area contributed by atoms with Gasteiger partial charge in [-0.3, -0.25) is 4.90 Å². The largest absolute Gasteiger partial charge is 0.320 e. The summed E-state index contributed by atoms with van der Waals surface area (Å²) in [6, 6.07) is 4.30. The molecule has 1 aromatic rings. The number of nitrogens with two attached hydrogens (primary N) is 1. The fourth-order valence-electron chi connectivity index (χ4n) is 2.11. The van der Waals surface area contributed by atoms with E-state index in [1.807, 2.05) is 0 Å². The lowest BCUT2D eigenvalue weighted by Gasteiger charge is -2.24. The van der Waals surface area contributed by atoms with Gasteiger partial charge in [-0.2, -0.15) is 0 Å². The van der Waals surface area contributed by atoms with E-state index >= 15 is 0 Å². The second-order valence-corrected chi connectivity index (χ2v) is 5.95. The maximum atomic E-state index is 5.39. The summed E-state index contributed by atoms with van der Waals surface area (Å²) in [6.45, 7) is 10.6. The van der Waals surface area contributed by atoms with Crippen molar-refractivity contribution in [2.24, 2.45) is 11.7 Å². The van der Waals surface area contributed by atoms with Crippen LogP contribution in [0.5, 0.6) is 0 Å². The summed E-state index contributed by atoms with van der Waals surface area (Å²) >= 11 is 1.79. The molecule has 0 aliphatic heterocycles. The van der Waals surface area contributed by atoms with Gasteiger partial charge >= 0.3 is 0 Å². The van der Waals surface area contributed by atoms with Crippen molar-refractivity contribution in [2.75, 3.05) is 19.6 Å². The van der Waals surface area contributed by atoms with Crippen LogP contribution in [0.15, 0.2) is 12.1 Å². The molecule has 0 aliphatic rings. The molecular weight excluding hydrogens is 252 g/mol. The molecule has 2 N–H and O–H groups in total. The molecule has 0 atom stereocenters. The molecule has 0 fully saturated rings. The number of hydrogen-bond acceptors (Lipinski definition) is 3. The molecular formula is C16H26N2S. The Kier molecular flexibility index (Phi) is 7.81. The van der Waals surface area contributed by atoms with E-state index in [1.165, 1.54) is 24.3 Å². The Balaban J connectivity index is 2.57. The molecule has 1 rings (SSSR count). The third kappa shape index (κ3) is 5.78. The second kappa shape index (κ2) is 9.14. The molecule has 0 radical (unpaired) electrons. The van der Waals surface area contributed by atoms with Gasteiger partial charge in [-0.1, -0.05) is 45.5 Å². The van der Waals surface area contributed by atoms with E-state index in [0.29, 0.717) is 6.54 Å². The molecule has 0 bridgehead atoms. The summed E-state index contributed by atoms with van der Waals surface area (Å²) in [6.07, 6.45) is 2.54. The van der Waals surface area contributed by atoms with Gasteiger partial charge in [-0.25, -0.2) is 0 Å². The predicted octanol–water partition coefficient (Wildman–Crippen LogP) is 3.32. The van der Waals surface area contributed by atoms with E-state index < -0.39 is 0 Å². The van der Waals surface area contributed by atoms with Crippen molar-refractivity contribution in [2.45, 2.75) is 40.2 Å². The monoisotopic (exact) mass is 278 g/mol. The van der Waals surface area contributed by atoms with Gasteiger partial charge in [0.15, 0.2) is 0 Å². The molecule has 2 nitrogen and oxygen atoms in total. The molecule has 0 aliphatic carbocycles. The summed E-state index contributed by atoms with van der Waals surface area (Å²) in [5.41, 5.74) is 5.39. The van der Waals surface area contributed by atoms with Crippen LogP contribution in [0.4, 0.5) is 0 Å². The van der Waals surface area contributed by atoms with Crippen LogP contribution in [0.25, 0.3) is 0 Å². The minimum atomic E-state index is 0.434. The first-order valence-corrected chi connectivity index (χ1v) is 8.05. The van der Waals surface area contributed by atoms with Crippen LogP contribution in [0.2, 0.25) is 0 Å². The zero-order valence-electron chi connectivity index (χ0n) is 12.4. The van der Waals surface area contributed by atoms with E-state index in [4.69, 9.17) is 5.73 Å². The van der Waals surface area contributed by atoms with Gasteiger partial charge in [-0.05, 0) is 24.6 Å². The van der Waals surface area contributed by atoms with Gasteiger partial charge in [0.05, 0.1) is 11.4 Å². The molecule has 1 aromatic heterocycles. The van der Waals surface area contributed by atoms with Gasteiger partial charge in [0.2, 0.25) is 0 Å². The van der Waals surface area contributed by atoms with E-state index in [9.17, 15) is 0 Å². The summed E-state index contributed by atoms with van der Waals surface area (Å²) in [5.74, 6) is 6.83. The van der Waals surface area contributed by atoms with Gasteiger partial charge < -0.3 is 5.73 Å². The van der Waals surface area contributed by atoms with Crippen molar-refractivity contribution in [1.82, 2.24) is 4.90 Å². The average molecular weight is 278 g/mol. The molecule has 0 amide bonds. The van der Waals surface area contributed by atoms with Gasteiger partial charge in [0.1, 0.15) is 0 Å². The molecule has 0 saturated carbocycles. The van der Waals surface area contributed by atoms with Crippen molar-refractivity contribution in [1.29, 1.82) is 0 Å². The summed E-state index contributed by atoms with van der Waals surface area (Å²) in [4.78, 5) is 5.05. The molecule has 19 heavy (non-hydrogen) atoms. The first kappa shape index (κ1) is 16.2. The molecule has 0 aromatic carbocycles. The Labute approximate surface area is 122 Å². The lowest BCUT2D eigenvalue weighted by Crippen LogP contribution is -2.28. The highest BCUT2D eigenvalue weighted by atomic mass is 32.1. The zero-order chi connectivity index (χ0) is 14.1. The van der Waals surface area contributed by atoms with Crippen LogP contribution in [0, 0.1) is 17.8 Å². The predicted molar refractivity (Wildman–Crippen MR) is 85.3 cm³/mol. The maximum Gasteiger partial charge on any atom is 0.0772 e. The van der Waals surface area contributed by atoms with E-state index in [-0.39, 0.29) is 0 Å². The minimum absolute atomic E-state index is 0.434. The Morgan fingerprint density at radius 3 is 2.58 bits per heavy atom. The Bertz CT molecular complexity index is 410. The van der Waals surface area contributed by atoms with E-state index in [2.05, 4.69) is 49.6 Å². The summed E-state index contributed by atoms with van der Waals surface area (Å²) < 4.78 is 0. The van der Waals surface area contributed by atoms with Gasteiger partial charge in [0.25, 0.3) is 0 Å². The second-order valence-electron chi connectivity index (χ2n) is 4.78. The maximum absolute atomic E-state index is 5.39. The Hall–Kier alpha value is -0.820. The topological polar surface area (TPSA) is 29.3 Å². The number of hydrogen-bond donors (Lipinski definition) is 1. The van der Waals surface area contributed by atoms with Crippen molar-refractivity contribution in [3.63, 3.8) is 0 Å². The lowest BCUT2D eigenvalue weighted by atomic mass is 10.0. The van der Waals surface area contributed by atoms with Crippen LogP contribution in [-0.2, 0) is 6.54 Å². The van der Waals surface area contributed by atoms with Crippen molar-refractivity contribution in [3.05, 3.63) is 21.9 Å². The highest BCUT2D eigenvalue weighted by molar-refractivity contribution is 7.12. The molecule has 3 heteroatoms. The Morgan fingerprint density at radius 2 is 2.00 bits per heavy atom. The summed E-state index contributed by atoms with van der Waals surface area (Å²) in [7, 11) is 0. The fraction of sp³-hybridized carbons (Fsp3) is 0.625. The van der Waals surface area contributed by atoms with Crippen LogP contribution in [-0.4, -0.2) is 24.5 Å². The fourth-order valence-corrected chi connectivity index (χ4v) is 3.03. The molecule has 0 unspecified atom stereocenters. The van der Waals surface area contributed by atoms with Crippen LogP contribution in [0.3, 0.4) is 0 Å². The normalized spacial score (nSPS) is 10.8. The van der Waals surface area contributed by atoms with Crippen molar-refractivity contribution >= 4 is 11.3 Å². The standard InChI is InChI=1S/C16H26N2S/c1-4-14(5-2)12-18(6-3)13-16-10-9-15(19-16)8-7-11-17/h9-10,14H,4-6,11-13,17H2,1-3H3. The van der Waals surface area contributed by atoms with Crippen LogP contribution < -0.4 is 5.73 Å². The van der Waals surface area contributed by atoms with Crippen LogP contribution in [0.1, 0.15) is 43.4 Å². The van der Waals surface area contributed by atoms with Gasteiger partial charge in [-0.15, -0.1) is 11.3 Å². The smallest absolute Gasteiger partial charge is 0.0772 e. The highest BCUT2D eigenvalue weighted by Gasteiger charge is 2.11. The highest BCUT2D eigenvalue weighted by Crippen LogP contribution is 2.19. The third-order valence-electron chi connectivity index (χ3n) is 3.47. The van der Waals surface area contributed by atoms with Gasteiger partial charge in [0, 0.05) is 18.0 Å². The Morgan fingerprint density at radius 1 is 1.26 bits per heavy atom. The van der Waals surface area contributed by atoms with Crippen molar-refractivity contribution < 1.29 is 0 Å². The first-order chi connectivity index (χ1) is 9.23. The zero-order valence-corrected chi connectivity index (χ0v) is 13.2. The summed E-state index contributed by atoms with van der Waals surface area (Å²) in [5, 5.41) is 0. The molecule has 1 heterocycles. The lowest BCUT2D eigenvalue weighted by molar-refractivity contribution is 0.228. The number of rotatable bonds is 7. The SMILES string of the molecule is CCC(CC)CN(CC)Cc1ccc(C#CCN)s1.